The maximum atomic E-state index is 12.6. The highest BCUT2D eigenvalue weighted by molar-refractivity contribution is 7.86. The number of rotatable bonds is 5. The van der Waals surface area contributed by atoms with Crippen LogP contribution in [0.3, 0.4) is 0 Å². The van der Waals surface area contributed by atoms with Gasteiger partial charge in [0.15, 0.2) is 0 Å². The summed E-state index contributed by atoms with van der Waals surface area (Å²) in [6, 6.07) is 0.0855. The summed E-state index contributed by atoms with van der Waals surface area (Å²) in [6.45, 7) is 4.20. The Morgan fingerprint density at radius 1 is 1.33 bits per heavy atom. The SMILES string of the molecule is CC(C1CC1)N(C)S(=O)(=O)N1CCN(c2ncn[nH]2)CC1. The van der Waals surface area contributed by atoms with Crippen molar-refractivity contribution in [3.8, 4) is 0 Å². The molecule has 1 atom stereocenters. The van der Waals surface area contributed by atoms with E-state index in [2.05, 4.69) is 15.2 Å². The van der Waals surface area contributed by atoms with Gasteiger partial charge in [0.25, 0.3) is 10.2 Å². The van der Waals surface area contributed by atoms with Gasteiger partial charge in [0.1, 0.15) is 6.33 Å². The molecule has 1 aliphatic carbocycles. The number of aromatic nitrogens is 3. The molecule has 3 rings (SSSR count). The van der Waals surface area contributed by atoms with E-state index in [4.69, 9.17) is 0 Å². The average Bonchev–Trinajstić information content (AvgIpc) is 3.20. The molecule has 0 aromatic carbocycles. The third-order valence-electron chi connectivity index (χ3n) is 4.51. The topological polar surface area (TPSA) is 85.4 Å². The van der Waals surface area contributed by atoms with Crippen molar-refractivity contribution in [1.82, 2.24) is 23.8 Å². The van der Waals surface area contributed by atoms with E-state index in [9.17, 15) is 8.42 Å². The van der Waals surface area contributed by atoms with E-state index in [-0.39, 0.29) is 6.04 Å². The molecule has 1 N–H and O–H groups in total. The van der Waals surface area contributed by atoms with Crippen LogP contribution in [0.4, 0.5) is 5.95 Å². The Labute approximate surface area is 125 Å². The molecule has 9 heteroatoms. The van der Waals surface area contributed by atoms with Crippen LogP contribution in [0.2, 0.25) is 0 Å². The first-order chi connectivity index (χ1) is 10.00. The van der Waals surface area contributed by atoms with Crippen LogP contribution in [0, 0.1) is 5.92 Å². The molecule has 0 spiro atoms. The van der Waals surface area contributed by atoms with E-state index in [1.165, 1.54) is 10.6 Å². The second-order valence-electron chi connectivity index (χ2n) is 5.80. The summed E-state index contributed by atoms with van der Waals surface area (Å²) in [6.07, 6.45) is 3.74. The molecular weight excluding hydrogens is 292 g/mol. The van der Waals surface area contributed by atoms with Gasteiger partial charge in [-0.3, -0.25) is 0 Å². The smallest absolute Gasteiger partial charge is 0.282 e. The highest BCUT2D eigenvalue weighted by Gasteiger charge is 2.38. The zero-order valence-electron chi connectivity index (χ0n) is 12.4. The molecule has 0 amide bonds. The lowest BCUT2D eigenvalue weighted by Gasteiger charge is -2.37. The van der Waals surface area contributed by atoms with Gasteiger partial charge in [-0.05, 0) is 25.7 Å². The summed E-state index contributed by atoms with van der Waals surface area (Å²) in [4.78, 5) is 6.12. The molecule has 21 heavy (non-hydrogen) atoms. The lowest BCUT2D eigenvalue weighted by molar-refractivity contribution is 0.300. The molecule has 1 aromatic heterocycles. The molecular formula is C12H22N6O2S. The van der Waals surface area contributed by atoms with Crippen LogP contribution in [0.5, 0.6) is 0 Å². The van der Waals surface area contributed by atoms with E-state index >= 15 is 0 Å². The fourth-order valence-corrected chi connectivity index (χ4v) is 4.33. The summed E-state index contributed by atoms with van der Waals surface area (Å²) in [5.41, 5.74) is 0. The number of hydrogen-bond acceptors (Lipinski definition) is 5. The standard InChI is InChI=1S/C12H22N6O2S/c1-10(11-3-4-11)16(2)21(19,20)18-7-5-17(6-8-18)12-13-9-14-15-12/h9-11H,3-8H2,1-2H3,(H,13,14,15). The van der Waals surface area contributed by atoms with Crippen LogP contribution in [-0.2, 0) is 10.2 Å². The van der Waals surface area contributed by atoms with Gasteiger partial charge in [0.05, 0.1) is 0 Å². The van der Waals surface area contributed by atoms with Crippen LogP contribution < -0.4 is 4.90 Å². The van der Waals surface area contributed by atoms with Crippen molar-refractivity contribution in [3.05, 3.63) is 6.33 Å². The zero-order valence-corrected chi connectivity index (χ0v) is 13.3. The minimum atomic E-state index is -3.36. The fourth-order valence-electron chi connectivity index (χ4n) is 2.75. The summed E-state index contributed by atoms with van der Waals surface area (Å²) in [5, 5.41) is 6.64. The molecule has 1 saturated heterocycles. The quantitative estimate of drug-likeness (QED) is 0.820. The number of H-pyrrole nitrogens is 1. The molecule has 1 saturated carbocycles. The van der Waals surface area contributed by atoms with Crippen molar-refractivity contribution in [3.63, 3.8) is 0 Å². The van der Waals surface area contributed by atoms with Crippen LogP contribution in [0.15, 0.2) is 6.33 Å². The molecule has 1 aromatic rings. The van der Waals surface area contributed by atoms with Crippen LogP contribution in [0.1, 0.15) is 19.8 Å². The molecule has 2 fully saturated rings. The minimum Gasteiger partial charge on any atom is -0.339 e. The fraction of sp³-hybridized carbons (Fsp3) is 0.833. The van der Waals surface area contributed by atoms with Crippen molar-refractivity contribution in [2.24, 2.45) is 5.92 Å². The molecule has 0 bridgehead atoms. The third kappa shape index (κ3) is 2.90. The van der Waals surface area contributed by atoms with Gasteiger partial charge in [-0.25, -0.2) is 5.10 Å². The van der Waals surface area contributed by atoms with Gasteiger partial charge >= 0.3 is 0 Å². The third-order valence-corrected chi connectivity index (χ3v) is 6.59. The van der Waals surface area contributed by atoms with Crippen LogP contribution >= 0.6 is 0 Å². The second-order valence-corrected chi connectivity index (χ2v) is 7.79. The zero-order chi connectivity index (χ0) is 15.0. The molecule has 8 nitrogen and oxygen atoms in total. The lowest BCUT2D eigenvalue weighted by atomic mass is 10.2. The van der Waals surface area contributed by atoms with E-state index in [0.29, 0.717) is 38.0 Å². The normalized spacial score (nSPS) is 22.7. The number of piperazine rings is 1. The monoisotopic (exact) mass is 314 g/mol. The summed E-state index contributed by atoms with van der Waals surface area (Å²) in [5.74, 6) is 1.23. The Balaban J connectivity index is 1.62. The maximum absolute atomic E-state index is 12.6. The predicted octanol–water partition coefficient (Wildman–Crippen LogP) is -0.0982. The number of anilines is 1. The van der Waals surface area contributed by atoms with Crippen LogP contribution in [0.25, 0.3) is 0 Å². The van der Waals surface area contributed by atoms with E-state index in [1.807, 2.05) is 11.8 Å². The molecule has 1 aliphatic heterocycles. The van der Waals surface area contributed by atoms with Gasteiger partial charge in [0.2, 0.25) is 5.95 Å². The predicted molar refractivity (Wildman–Crippen MR) is 79.0 cm³/mol. The first-order valence-electron chi connectivity index (χ1n) is 7.33. The molecule has 2 heterocycles. The first kappa shape index (κ1) is 14.7. The van der Waals surface area contributed by atoms with E-state index in [1.54, 1.807) is 11.4 Å². The largest absolute Gasteiger partial charge is 0.339 e. The van der Waals surface area contributed by atoms with Gasteiger partial charge in [0, 0.05) is 39.3 Å². The van der Waals surface area contributed by atoms with Crippen molar-refractivity contribution < 1.29 is 8.42 Å². The van der Waals surface area contributed by atoms with E-state index in [0.717, 1.165) is 12.8 Å². The maximum Gasteiger partial charge on any atom is 0.282 e. The summed E-state index contributed by atoms with van der Waals surface area (Å²) < 4.78 is 28.4. The summed E-state index contributed by atoms with van der Waals surface area (Å²) >= 11 is 0. The highest BCUT2D eigenvalue weighted by Crippen LogP contribution is 2.35. The number of aromatic amines is 1. The van der Waals surface area contributed by atoms with Crippen molar-refractivity contribution >= 4 is 16.2 Å². The Morgan fingerprint density at radius 2 is 2.00 bits per heavy atom. The van der Waals surface area contributed by atoms with Crippen molar-refractivity contribution in [2.45, 2.75) is 25.8 Å². The first-order valence-corrected chi connectivity index (χ1v) is 8.73. The molecule has 1 unspecified atom stereocenters. The lowest BCUT2D eigenvalue weighted by Crippen LogP contribution is -2.54. The van der Waals surface area contributed by atoms with E-state index < -0.39 is 10.2 Å². The molecule has 118 valence electrons. The number of nitrogens with one attached hydrogen (secondary N) is 1. The average molecular weight is 314 g/mol. The van der Waals surface area contributed by atoms with Gasteiger partial charge in [-0.1, -0.05) is 0 Å². The number of nitrogens with zero attached hydrogens (tertiary/aromatic N) is 5. The molecule has 2 aliphatic rings. The van der Waals surface area contributed by atoms with Crippen molar-refractivity contribution in [1.29, 1.82) is 0 Å². The minimum absolute atomic E-state index is 0.0855. The number of hydrogen-bond donors (Lipinski definition) is 1. The van der Waals surface area contributed by atoms with Gasteiger partial charge in [-0.15, -0.1) is 0 Å². The Morgan fingerprint density at radius 3 is 2.52 bits per heavy atom. The van der Waals surface area contributed by atoms with Gasteiger partial charge in [-0.2, -0.15) is 27.1 Å². The second kappa shape index (κ2) is 5.54. The van der Waals surface area contributed by atoms with Crippen molar-refractivity contribution in [2.75, 3.05) is 38.1 Å². The Kier molecular flexibility index (Phi) is 3.89. The Bertz CT molecular complexity index is 563. The van der Waals surface area contributed by atoms with Crippen LogP contribution in [-0.4, -0.2) is 71.5 Å². The van der Waals surface area contributed by atoms with Gasteiger partial charge < -0.3 is 4.90 Å². The summed E-state index contributed by atoms with van der Waals surface area (Å²) in [7, 11) is -1.67. The Hall–Kier alpha value is -1.19. The molecule has 0 radical (unpaired) electrons. The highest BCUT2D eigenvalue weighted by atomic mass is 32.2.